The van der Waals surface area contributed by atoms with Crippen LogP contribution in [0, 0.1) is 11.2 Å². The van der Waals surface area contributed by atoms with Crippen molar-refractivity contribution in [3.8, 4) is 11.1 Å². The Morgan fingerprint density at radius 3 is 2.60 bits per heavy atom. The summed E-state index contributed by atoms with van der Waals surface area (Å²) in [5.74, 6) is 0.0321. The number of H-pyrrole nitrogens is 1. The largest absolute Gasteiger partial charge is 0.301 e. The van der Waals surface area contributed by atoms with E-state index in [2.05, 4.69) is 9.97 Å². The summed E-state index contributed by atoms with van der Waals surface area (Å²) in [7, 11) is 0. The summed E-state index contributed by atoms with van der Waals surface area (Å²) in [6, 6.07) is 6.01. The number of hydrogen-bond donors (Lipinski definition) is 1. The van der Waals surface area contributed by atoms with Crippen molar-refractivity contribution in [2.45, 2.75) is 25.9 Å². The van der Waals surface area contributed by atoms with E-state index in [1.54, 1.807) is 12.1 Å². The summed E-state index contributed by atoms with van der Waals surface area (Å²) in [6.45, 7) is 5.59. The van der Waals surface area contributed by atoms with Crippen molar-refractivity contribution in [1.29, 1.82) is 0 Å². The molecule has 0 aliphatic carbocycles. The fraction of sp³-hybridized carbons (Fsp3) is 0.278. The third-order valence-electron chi connectivity index (χ3n) is 3.75. The van der Waals surface area contributed by atoms with E-state index < -0.39 is 5.41 Å². The molecule has 0 spiro atoms. The number of thiophene rings is 1. The van der Waals surface area contributed by atoms with Gasteiger partial charge in [0.2, 0.25) is 0 Å². The summed E-state index contributed by atoms with van der Waals surface area (Å²) >= 11 is 2.59. The van der Waals surface area contributed by atoms with Gasteiger partial charge in [0, 0.05) is 16.4 Å². The molecular formula is C18H17FN2O2S2. The van der Waals surface area contributed by atoms with Gasteiger partial charge in [0.05, 0.1) is 11.1 Å². The number of benzene rings is 1. The Hall–Kier alpha value is -1.99. The van der Waals surface area contributed by atoms with Crippen LogP contribution in [-0.4, -0.2) is 21.5 Å². The monoisotopic (exact) mass is 376 g/mol. The first-order chi connectivity index (χ1) is 11.8. The normalized spacial score (nSPS) is 11.8. The third-order valence-corrected chi connectivity index (χ3v) is 5.50. The number of nitrogens with one attached hydrogen (secondary N) is 1. The highest BCUT2D eigenvalue weighted by atomic mass is 32.2. The number of aromatic amines is 1. The Balaban J connectivity index is 1.93. The Morgan fingerprint density at radius 2 is 1.96 bits per heavy atom. The first kappa shape index (κ1) is 17.8. The van der Waals surface area contributed by atoms with Crippen molar-refractivity contribution < 1.29 is 9.18 Å². The number of carbonyl (C=O) groups excluding carboxylic acids is 1. The van der Waals surface area contributed by atoms with Crippen molar-refractivity contribution in [3.63, 3.8) is 0 Å². The number of fused-ring (bicyclic) bond motifs is 1. The lowest BCUT2D eigenvalue weighted by atomic mass is 9.92. The van der Waals surface area contributed by atoms with Crippen LogP contribution in [0.4, 0.5) is 4.39 Å². The fourth-order valence-electron chi connectivity index (χ4n) is 2.19. The van der Waals surface area contributed by atoms with Gasteiger partial charge >= 0.3 is 0 Å². The molecule has 0 atom stereocenters. The number of nitrogens with zero attached hydrogens (tertiary/aromatic N) is 1. The maximum absolute atomic E-state index is 13.1. The smallest absolute Gasteiger partial charge is 0.260 e. The summed E-state index contributed by atoms with van der Waals surface area (Å²) in [4.78, 5) is 32.3. The van der Waals surface area contributed by atoms with Crippen molar-refractivity contribution >= 4 is 39.1 Å². The Morgan fingerprint density at radius 1 is 1.28 bits per heavy atom. The van der Waals surface area contributed by atoms with Gasteiger partial charge in [-0.3, -0.25) is 9.59 Å². The predicted molar refractivity (Wildman–Crippen MR) is 101 cm³/mol. The molecule has 0 aliphatic rings. The quantitative estimate of drug-likeness (QED) is 0.538. The first-order valence-electron chi connectivity index (χ1n) is 7.69. The molecule has 1 aromatic carbocycles. The lowest BCUT2D eigenvalue weighted by Gasteiger charge is -2.15. The van der Waals surface area contributed by atoms with E-state index in [1.165, 1.54) is 35.2 Å². The lowest BCUT2D eigenvalue weighted by molar-refractivity contribution is -0.123. The maximum Gasteiger partial charge on any atom is 0.260 e. The lowest BCUT2D eigenvalue weighted by Crippen LogP contribution is -2.22. The van der Waals surface area contributed by atoms with Crippen LogP contribution in [-0.2, 0) is 4.79 Å². The molecule has 0 saturated heterocycles. The molecule has 4 nitrogen and oxygen atoms in total. The molecule has 0 unspecified atom stereocenters. The summed E-state index contributed by atoms with van der Waals surface area (Å²) < 4.78 is 13.1. The molecule has 0 fully saturated rings. The van der Waals surface area contributed by atoms with Gasteiger partial charge in [-0.05, 0) is 17.7 Å². The molecule has 7 heteroatoms. The minimum Gasteiger partial charge on any atom is -0.301 e. The number of aromatic nitrogens is 2. The van der Waals surface area contributed by atoms with Crippen molar-refractivity contribution in [1.82, 2.24) is 9.97 Å². The zero-order chi connectivity index (χ0) is 18.2. The van der Waals surface area contributed by atoms with Gasteiger partial charge in [-0.1, -0.05) is 44.7 Å². The molecule has 25 heavy (non-hydrogen) atoms. The van der Waals surface area contributed by atoms with Gasteiger partial charge in [0.25, 0.3) is 5.56 Å². The fourth-order valence-corrected chi connectivity index (χ4v) is 4.22. The van der Waals surface area contributed by atoms with Crippen LogP contribution >= 0.6 is 23.1 Å². The van der Waals surface area contributed by atoms with Gasteiger partial charge < -0.3 is 4.98 Å². The molecule has 2 aromatic heterocycles. The highest BCUT2D eigenvalue weighted by Crippen LogP contribution is 2.31. The van der Waals surface area contributed by atoms with Crippen LogP contribution in [0.5, 0.6) is 0 Å². The topological polar surface area (TPSA) is 62.8 Å². The molecule has 0 amide bonds. The number of Topliss-reactive ketones (excluding diaryl/α,β-unsaturated/α-hetero) is 1. The van der Waals surface area contributed by atoms with Crippen LogP contribution in [0.2, 0.25) is 0 Å². The van der Waals surface area contributed by atoms with E-state index in [9.17, 15) is 14.0 Å². The van der Waals surface area contributed by atoms with Crippen LogP contribution in [0.1, 0.15) is 20.8 Å². The predicted octanol–water partition coefficient (Wildman–Crippen LogP) is 4.50. The SMILES string of the molecule is CC(C)(C)C(=O)CSc1nc2scc(-c3ccc(F)cc3)c2c(=O)[nH]1. The second kappa shape index (κ2) is 6.72. The number of hydrogen-bond acceptors (Lipinski definition) is 5. The van der Waals surface area contributed by atoms with Gasteiger partial charge in [0.1, 0.15) is 16.4 Å². The molecular weight excluding hydrogens is 359 g/mol. The number of ketones is 1. The molecule has 0 saturated carbocycles. The molecule has 0 aliphatic heterocycles. The number of halogens is 1. The van der Waals surface area contributed by atoms with Crippen molar-refractivity contribution in [2.75, 3.05) is 5.75 Å². The Bertz CT molecular complexity index is 985. The van der Waals surface area contributed by atoms with E-state index in [1.807, 2.05) is 26.2 Å². The molecule has 1 N–H and O–H groups in total. The molecule has 130 valence electrons. The first-order valence-corrected chi connectivity index (χ1v) is 9.56. The van der Waals surface area contributed by atoms with E-state index in [-0.39, 0.29) is 22.9 Å². The average molecular weight is 376 g/mol. The highest BCUT2D eigenvalue weighted by Gasteiger charge is 2.21. The maximum atomic E-state index is 13.1. The van der Waals surface area contributed by atoms with Crippen molar-refractivity contribution in [2.24, 2.45) is 5.41 Å². The minimum atomic E-state index is -0.421. The number of rotatable bonds is 4. The molecule has 3 aromatic rings. The van der Waals surface area contributed by atoms with Crippen LogP contribution in [0.25, 0.3) is 21.3 Å². The van der Waals surface area contributed by atoms with Gasteiger partial charge in [-0.25, -0.2) is 9.37 Å². The van der Waals surface area contributed by atoms with Crippen LogP contribution < -0.4 is 5.56 Å². The van der Waals surface area contributed by atoms with Gasteiger partial charge in [0.15, 0.2) is 5.16 Å². The van der Waals surface area contributed by atoms with Crippen molar-refractivity contribution in [3.05, 3.63) is 45.8 Å². The van der Waals surface area contributed by atoms with Crippen LogP contribution in [0.3, 0.4) is 0 Å². The van der Waals surface area contributed by atoms with E-state index in [4.69, 9.17) is 0 Å². The second-order valence-electron chi connectivity index (χ2n) is 6.67. The second-order valence-corrected chi connectivity index (χ2v) is 8.49. The molecule has 0 radical (unpaired) electrons. The van der Waals surface area contributed by atoms with E-state index >= 15 is 0 Å². The molecule has 2 heterocycles. The molecule has 0 bridgehead atoms. The standard InChI is InChI=1S/C18H17FN2O2S2/c1-18(2,3)13(22)9-25-17-20-15(23)14-12(8-24-16(14)21-17)10-4-6-11(19)7-5-10/h4-8H,9H2,1-3H3,(H,20,21,23). The average Bonchev–Trinajstić information content (AvgIpc) is 2.97. The van der Waals surface area contributed by atoms with Gasteiger partial charge in [-0.15, -0.1) is 11.3 Å². The summed E-state index contributed by atoms with van der Waals surface area (Å²) in [5, 5.41) is 2.76. The summed E-state index contributed by atoms with van der Waals surface area (Å²) in [5.41, 5.74) is 0.825. The number of carbonyl (C=O) groups is 1. The third kappa shape index (κ3) is 3.82. The summed E-state index contributed by atoms with van der Waals surface area (Å²) in [6.07, 6.45) is 0. The Labute approximate surface area is 152 Å². The van der Waals surface area contributed by atoms with E-state index in [0.29, 0.717) is 15.4 Å². The van der Waals surface area contributed by atoms with Crippen LogP contribution in [0.15, 0.2) is 39.6 Å². The zero-order valence-corrected chi connectivity index (χ0v) is 15.7. The molecule has 3 rings (SSSR count). The highest BCUT2D eigenvalue weighted by molar-refractivity contribution is 7.99. The van der Waals surface area contributed by atoms with E-state index in [0.717, 1.165) is 11.1 Å². The zero-order valence-electron chi connectivity index (χ0n) is 14.1. The minimum absolute atomic E-state index is 0.0958. The number of thioether (sulfide) groups is 1. The van der Waals surface area contributed by atoms with Gasteiger partial charge in [-0.2, -0.15) is 0 Å². The Kier molecular flexibility index (Phi) is 4.79.